The van der Waals surface area contributed by atoms with Crippen molar-refractivity contribution in [1.82, 2.24) is 19.5 Å². The molecule has 0 aliphatic carbocycles. The molecule has 3 heterocycles. The number of hydrogen-bond donors (Lipinski definition) is 3. The Balaban J connectivity index is 2.07. The van der Waals surface area contributed by atoms with Gasteiger partial charge in [0, 0.05) is 5.92 Å². The number of rotatable bonds is 2. The maximum Gasteiger partial charge on any atom is 0.223 e. The highest BCUT2D eigenvalue weighted by atomic mass is 35.5. The molecule has 1 aliphatic heterocycles. The predicted octanol–water partition coefficient (Wildman–Crippen LogP) is -0.0514. The van der Waals surface area contributed by atoms with Gasteiger partial charge in [-0.2, -0.15) is 9.97 Å². The van der Waals surface area contributed by atoms with Crippen molar-refractivity contribution in [3.8, 4) is 0 Å². The van der Waals surface area contributed by atoms with E-state index in [1.54, 1.807) is 4.57 Å². The molecule has 3 rings (SSSR count). The minimum atomic E-state index is -0.767. The monoisotopic (exact) mass is 299 g/mol. The highest BCUT2D eigenvalue weighted by Gasteiger charge is 2.42. The van der Waals surface area contributed by atoms with E-state index in [1.165, 1.54) is 6.33 Å². The zero-order valence-electron chi connectivity index (χ0n) is 10.6. The highest BCUT2D eigenvalue weighted by Crippen LogP contribution is 2.36. The lowest BCUT2D eigenvalue weighted by Crippen LogP contribution is -2.28. The van der Waals surface area contributed by atoms with E-state index in [-0.39, 0.29) is 23.6 Å². The lowest BCUT2D eigenvalue weighted by atomic mass is 10.0. The van der Waals surface area contributed by atoms with Crippen molar-refractivity contribution in [3.05, 3.63) is 11.5 Å². The van der Waals surface area contributed by atoms with Crippen molar-refractivity contribution >= 4 is 28.7 Å². The van der Waals surface area contributed by atoms with Crippen LogP contribution < -0.4 is 5.73 Å². The Morgan fingerprint density at radius 3 is 2.90 bits per heavy atom. The number of halogens is 1. The fourth-order valence-corrected chi connectivity index (χ4v) is 2.66. The second-order valence-corrected chi connectivity index (χ2v) is 5.15. The van der Waals surface area contributed by atoms with Gasteiger partial charge in [0.15, 0.2) is 10.8 Å². The lowest BCUT2D eigenvalue weighted by molar-refractivity contribution is -0.0447. The van der Waals surface area contributed by atoms with E-state index in [2.05, 4.69) is 15.0 Å². The molecule has 4 N–H and O–H groups in total. The van der Waals surface area contributed by atoms with Gasteiger partial charge >= 0.3 is 0 Å². The van der Waals surface area contributed by atoms with Crippen LogP contribution in [0.1, 0.15) is 13.2 Å². The van der Waals surface area contributed by atoms with Gasteiger partial charge in [-0.25, -0.2) is 4.98 Å². The summed E-state index contributed by atoms with van der Waals surface area (Å²) in [6.45, 7) is 1.56. The molecule has 20 heavy (non-hydrogen) atoms. The number of hydrogen-bond acceptors (Lipinski definition) is 7. The van der Waals surface area contributed by atoms with Crippen molar-refractivity contribution in [3.63, 3.8) is 0 Å². The smallest absolute Gasteiger partial charge is 0.223 e. The summed E-state index contributed by atoms with van der Waals surface area (Å²) in [6, 6.07) is 0. The maximum absolute atomic E-state index is 10.0. The first-order chi connectivity index (χ1) is 9.52. The number of nitrogens with two attached hydrogens (primary N) is 1. The molecule has 4 atom stereocenters. The number of imidazole rings is 1. The average Bonchev–Trinajstić information content (AvgIpc) is 2.93. The third-order valence-electron chi connectivity index (χ3n) is 3.53. The van der Waals surface area contributed by atoms with Crippen LogP contribution in [-0.2, 0) is 4.74 Å². The molecule has 9 heteroatoms. The van der Waals surface area contributed by atoms with Crippen LogP contribution in [0.3, 0.4) is 0 Å². The molecule has 1 saturated heterocycles. The van der Waals surface area contributed by atoms with E-state index < -0.39 is 18.4 Å². The van der Waals surface area contributed by atoms with Gasteiger partial charge in [0.2, 0.25) is 5.95 Å². The average molecular weight is 300 g/mol. The van der Waals surface area contributed by atoms with E-state index in [9.17, 15) is 10.2 Å². The third-order valence-corrected chi connectivity index (χ3v) is 3.80. The minimum absolute atomic E-state index is 0.0363. The summed E-state index contributed by atoms with van der Waals surface area (Å²) in [4.78, 5) is 12.1. The van der Waals surface area contributed by atoms with Crippen LogP contribution in [0.5, 0.6) is 0 Å². The van der Waals surface area contributed by atoms with Crippen LogP contribution in [0.15, 0.2) is 6.33 Å². The van der Waals surface area contributed by atoms with E-state index in [1.807, 2.05) is 6.92 Å². The number of nitrogens with zero attached hydrogens (tertiary/aromatic N) is 4. The molecule has 8 nitrogen and oxygen atoms in total. The van der Waals surface area contributed by atoms with Gasteiger partial charge in [0.25, 0.3) is 0 Å². The van der Waals surface area contributed by atoms with Gasteiger partial charge in [-0.1, -0.05) is 18.5 Å². The fourth-order valence-electron chi connectivity index (χ4n) is 2.44. The standard InChI is InChI=1S/C11H14ClN5O3/c1-4-7(19)5(2-18)20-10(4)17-3-14-6-8(12)15-11(13)16-9(6)17/h3-5,7,10,18-19H,2H2,1H3,(H2,13,15,16)/t4-,5+,7-,10+/m0/s1. The van der Waals surface area contributed by atoms with Crippen LogP contribution in [0.4, 0.5) is 5.95 Å². The number of aromatic nitrogens is 4. The van der Waals surface area contributed by atoms with Crippen LogP contribution in [0, 0.1) is 5.92 Å². The summed E-state index contributed by atoms with van der Waals surface area (Å²) in [5, 5.41) is 19.4. The normalized spacial score (nSPS) is 30.2. The molecule has 1 fully saturated rings. The Hall–Kier alpha value is -1.48. The molecule has 108 valence electrons. The number of fused-ring (bicyclic) bond motifs is 1. The molecule has 1 aliphatic rings. The SMILES string of the molecule is C[C@H]1[C@H](O)[C@@H](CO)O[C@H]1n1cnc2c(Cl)nc(N)nc21. The maximum atomic E-state index is 10.0. The Bertz CT molecular complexity index is 648. The number of nitrogen functional groups attached to an aromatic ring is 1. The van der Waals surface area contributed by atoms with Crippen molar-refractivity contribution in [1.29, 1.82) is 0 Å². The van der Waals surface area contributed by atoms with Crippen LogP contribution >= 0.6 is 11.6 Å². The van der Waals surface area contributed by atoms with Crippen LogP contribution in [0.2, 0.25) is 5.15 Å². The number of aliphatic hydroxyl groups excluding tert-OH is 2. The van der Waals surface area contributed by atoms with E-state index in [4.69, 9.17) is 22.1 Å². The van der Waals surface area contributed by atoms with Gasteiger partial charge in [-0.05, 0) is 0 Å². The Kier molecular flexibility index (Phi) is 3.25. The van der Waals surface area contributed by atoms with Crippen LogP contribution in [0.25, 0.3) is 11.2 Å². The molecular formula is C11H14ClN5O3. The Morgan fingerprint density at radius 1 is 1.50 bits per heavy atom. The quantitative estimate of drug-likeness (QED) is 0.665. The Morgan fingerprint density at radius 2 is 2.25 bits per heavy atom. The second-order valence-electron chi connectivity index (χ2n) is 4.79. The first-order valence-electron chi connectivity index (χ1n) is 6.13. The first kappa shape index (κ1) is 13.5. The van der Waals surface area contributed by atoms with Crippen molar-refractivity contribution in [2.45, 2.75) is 25.4 Å². The molecule has 0 amide bonds. The first-order valence-corrected chi connectivity index (χ1v) is 6.50. The van der Waals surface area contributed by atoms with E-state index >= 15 is 0 Å². The number of ether oxygens (including phenoxy) is 1. The van der Waals surface area contributed by atoms with Gasteiger partial charge < -0.3 is 20.7 Å². The van der Waals surface area contributed by atoms with Crippen molar-refractivity contribution in [2.75, 3.05) is 12.3 Å². The summed E-state index contributed by atoms with van der Waals surface area (Å²) in [6.07, 6.45) is -0.394. The topological polar surface area (TPSA) is 119 Å². The van der Waals surface area contributed by atoms with E-state index in [0.717, 1.165) is 0 Å². The molecule has 2 aromatic rings. The molecule has 0 saturated carbocycles. The third kappa shape index (κ3) is 1.92. The summed E-state index contributed by atoms with van der Waals surface area (Å²) in [5.74, 6) is -0.200. The second kappa shape index (κ2) is 4.81. The summed E-state index contributed by atoms with van der Waals surface area (Å²) < 4.78 is 7.29. The van der Waals surface area contributed by atoms with Gasteiger partial charge in [0.05, 0.1) is 19.0 Å². The molecule has 0 radical (unpaired) electrons. The largest absolute Gasteiger partial charge is 0.394 e. The lowest BCUT2D eigenvalue weighted by Gasteiger charge is -2.17. The fraction of sp³-hybridized carbons (Fsp3) is 0.545. The van der Waals surface area contributed by atoms with Crippen LogP contribution in [-0.4, -0.2) is 48.5 Å². The Labute approximate surface area is 119 Å². The molecule has 0 spiro atoms. The predicted molar refractivity (Wildman–Crippen MR) is 70.9 cm³/mol. The molecule has 0 bridgehead atoms. The van der Waals surface area contributed by atoms with Gasteiger partial charge in [-0.15, -0.1) is 0 Å². The van der Waals surface area contributed by atoms with E-state index in [0.29, 0.717) is 11.2 Å². The van der Waals surface area contributed by atoms with Gasteiger partial charge in [-0.3, -0.25) is 4.57 Å². The minimum Gasteiger partial charge on any atom is -0.394 e. The molecule has 0 unspecified atom stereocenters. The summed E-state index contributed by atoms with van der Waals surface area (Å²) in [5.41, 5.74) is 6.44. The summed E-state index contributed by atoms with van der Waals surface area (Å²) >= 11 is 5.97. The van der Waals surface area contributed by atoms with Gasteiger partial charge in [0.1, 0.15) is 17.8 Å². The molecule has 0 aromatic carbocycles. The summed E-state index contributed by atoms with van der Waals surface area (Å²) in [7, 11) is 0. The van der Waals surface area contributed by atoms with Crippen molar-refractivity contribution in [2.24, 2.45) is 5.92 Å². The highest BCUT2D eigenvalue weighted by molar-refractivity contribution is 6.33. The zero-order chi connectivity index (χ0) is 14.4. The van der Waals surface area contributed by atoms with Crippen molar-refractivity contribution < 1.29 is 14.9 Å². The number of aliphatic hydroxyl groups is 2. The molecular weight excluding hydrogens is 286 g/mol. The number of anilines is 1. The zero-order valence-corrected chi connectivity index (χ0v) is 11.4. The molecule has 2 aromatic heterocycles.